The molecule has 1 heterocycles. The predicted octanol–water partition coefficient (Wildman–Crippen LogP) is 1.24. The molecule has 2 rings (SSSR count). The van der Waals surface area contributed by atoms with Crippen molar-refractivity contribution in [1.29, 1.82) is 0 Å². The lowest BCUT2D eigenvalue weighted by molar-refractivity contribution is 0.605. The van der Waals surface area contributed by atoms with Crippen LogP contribution in [0.5, 0.6) is 0 Å². The molecule has 1 aliphatic heterocycles. The van der Waals surface area contributed by atoms with E-state index in [4.69, 9.17) is 0 Å². The van der Waals surface area contributed by atoms with E-state index in [1.807, 2.05) is 0 Å². The first-order chi connectivity index (χ1) is 5.20. The Labute approximate surface area is 65.1 Å². The molecular weight excluding hydrogens is 160 g/mol. The van der Waals surface area contributed by atoms with Crippen molar-refractivity contribution in [3.8, 4) is 0 Å². The summed E-state index contributed by atoms with van der Waals surface area (Å²) < 4.78 is 22.3. The summed E-state index contributed by atoms with van der Waals surface area (Å²) in [6.07, 6.45) is 1.60. The van der Waals surface area contributed by atoms with Gasteiger partial charge in [-0.3, -0.25) is 0 Å². The van der Waals surface area contributed by atoms with Crippen molar-refractivity contribution in [2.24, 2.45) is 0 Å². The summed E-state index contributed by atoms with van der Waals surface area (Å²) in [6.45, 7) is 0. The van der Waals surface area contributed by atoms with Crippen LogP contribution in [0, 0.1) is 6.07 Å². The Bertz CT molecular complexity index is 415. The third kappa shape index (κ3) is 0.886. The molecule has 0 atom stereocenters. The van der Waals surface area contributed by atoms with Crippen molar-refractivity contribution < 1.29 is 8.42 Å². The van der Waals surface area contributed by atoms with E-state index >= 15 is 0 Å². The summed E-state index contributed by atoms with van der Waals surface area (Å²) in [6, 6.07) is 7.65. The normalized spacial score (nSPS) is 18.2. The fraction of sp³-hybridized carbons (Fsp3) is 0. The minimum absolute atomic E-state index is 0.361. The highest BCUT2D eigenvalue weighted by molar-refractivity contribution is 7.94. The van der Waals surface area contributed by atoms with Gasteiger partial charge in [-0.05, 0) is 23.8 Å². The van der Waals surface area contributed by atoms with Gasteiger partial charge in [0.15, 0.2) is 9.84 Å². The quantitative estimate of drug-likeness (QED) is 0.579. The van der Waals surface area contributed by atoms with Crippen molar-refractivity contribution in [2.45, 2.75) is 4.90 Å². The van der Waals surface area contributed by atoms with Crippen LogP contribution in [0.25, 0.3) is 6.08 Å². The monoisotopic (exact) mass is 165 g/mol. The zero-order chi connectivity index (χ0) is 7.90. The summed E-state index contributed by atoms with van der Waals surface area (Å²) in [7, 11) is -3.12. The fourth-order valence-electron chi connectivity index (χ4n) is 1.05. The fourth-order valence-corrected chi connectivity index (χ4v) is 2.22. The average molecular weight is 165 g/mol. The maximum Gasteiger partial charge on any atom is 0.200 e. The second kappa shape index (κ2) is 1.95. The van der Waals surface area contributed by atoms with Gasteiger partial charge >= 0.3 is 0 Å². The van der Waals surface area contributed by atoms with Crippen molar-refractivity contribution >= 4 is 15.9 Å². The molecule has 1 aliphatic rings. The first kappa shape index (κ1) is 6.61. The smallest absolute Gasteiger partial charge is 0.200 e. The van der Waals surface area contributed by atoms with Gasteiger partial charge in [0, 0.05) is 5.41 Å². The molecule has 0 saturated heterocycles. The molecule has 3 heteroatoms. The number of hydrogen-bond donors (Lipinski definition) is 0. The number of rotatable bonds is 0. The molecule has 0 spiro atoms. The number of sulfone groups is 1. The van der Waals surface area contributed by atoms with Gasteiger partial charge < -0.3 is 0 Å². The lowest BCUT2D eigenvalue weighted by atomic mass is 10.2. The van der Waals surface area contributed by atoms with E-state index in [1.54, 1.807) is 18.2 Å². The topological polar surface area (TPSA) is 34.1 Å². The van der Waals surface area contributed by atoms with E-state index in [0.29, 0.717) is 4.90 Å². The van der Waals surface area contributed by atoms with Crippen LogP contribution in [-0.2, 0) is 9.84 Å². The van der Waals surface area contributed by atoms with E-state index in [-0.39, 0.29) is 0 Å². The highest BCUT2D eigenvalue weighted by Crippen LogP contribution is 2.25. The summed E-state index contributed by atoms with van der Waals surface area (Å²) in [5, 5.41) is 1.21. The van der Waals surface area contributed by atoms with Gasteiger partial charge in [-0.2, -0.15) is 0 Å². The number of fused-ring (bicyclic) bond motifs is 1. The largest absolute Gasteiger partial charge is 0.219 e. The van der Waals surface area contributed by atoms with Crippen LogP contribution < -0.4 is 0 Å². The molecule has 0 fully saturated rings. The summed E-state index contributed by atoms with van der Waals surface area (Å²) in [4.78, 5) is 0.361. The first-order valence-corrected chi connectivity index (χ1v) is 4.68. The molecule has 1 aromatic carbocycles. The van der Waals surface area contributed by atoms with Crippen molar-refractivity contribution in [3.05, 3.63) is 35.2 Å². The van der Waals surface area contributed by atoms with Crippen LogP contribution in [0.4, 0.5) is 0 Å². The molecule has 0 N–H and O–H groups in total. The molecule has 0 saturated carbocycles. The number of benzene rings is 1. The van der Waals surface area contributed by atoms with E-state index in [2.05, 4.69) is 6.07 Å². The molecule has 0 unspecified atom stereocenters. The Morgan fingerprint density at radius 2 is 2.18 bits per heavy atom. The molecule has 0 aliphatic carbocycles. The van der Waals surface area contributed by atoms with Crippen molar-refractivity contribution in [1.82, 2.24) is 0 Å². The van der Waals surface area contributed by atoms with Crippen LogP contribution in [0.15, 0.2) is 28.5 Å². The van der Waals surface area contributed by atoms with Gasteiger partial charge in [0.05, 0.1) is 4.90 Å². The van der Waals surface area contributed by atoms with Gasteiger partial charge in [0.1, 0.15) is 0 Å². The first-order valence-electron chi connectivity index (χ1n) is 3.13. The predicted molar refractivity (Wildman–Crippen MR) is 41.5 cm³/mol. The minimum atomic E-state index is -3.12. The summed E-state index contributed by atoms with van der Waals surface area (Å²) >= 11 is 0. The highest BCUT2D eigenvalue weighted by atomic mass is 32.2. The molecule has 0 bridgehead atoms. The van der Waals surface area contributed by atoms with Gasteiger partial charge in [-0.15, -0.1) is 0 Å². The van der Waals surface area contributed by atoms with E-state index in [9.17, 15) is 8.42 Å². The Hall–Kier alpha value is -1.09. The Balaban J connectivity index is 2.84. The third-order valence-corrected chi connectivity index (χ3v) is 3.05. The van der Waals surface area contributed by atoms with Gasteiger partial charge in [0.2, 0.25) is 0 Å². The van der Waals surface area contributed by atoms with Crippen molar-refractivity contribution in [3.63, 3.8) is 0 Å². The molecule has 55 valence electrons. The molecule has 1 radical (unpaired) electrons. The molecular formula is C8H5O2S. The zero-order valence-corrected chi connectivity index (χ0v) is 6.43. The molecule has 11 heavy (non-hydrogen) atoms. The van der Waals surface area contributed by atoms with Crippen LogP contribution in [-0.4, -0.2) is 8.42 Å². The molecule has 1 aromatic rings. The van der Waals surface area contributed by atoms with Crippen LogP contribution in [0.2, 0.25) is 0 Å². The second-order valence-electron chi connectivity index (χ2n) is 2.31. The Kier molecular flexibility index (Phi) is 1.17. The molecule has 0 aromatic heterocycles. The average Bonchev–Trinajstić information content (AvgIpc) is 2.29. The summed E-state index contributed by atoms with van der Waals surface area (Å²) in [5.41, 5.74) is 0.753. The second-order valence-corrected chi connectivity index (χ2v) is 4.11. The Morgan fingerprint density at radius 1 is 1.36 bits per heavy atom. The highest BCUT2D eigenvalue weighted by Gasteiger charge is 2.18. The van der Waals surface area contributed by atoms with E-state index < -0.39 is 9.84 Å². The van der Waals surface area contributed by atoms with Gasteiger partial charge in [-0.1, -0.05) is 12.1 Å². The lowest BCUT2D eigenvalue weighted by Crippen LogP contribution is -1.91. The SMILES string of the molecule is O=S1(=O)C=Cc2cc[c]cc21. The van der Waals surface area contributed by atoms with Gasteiger partial charge in [-0.25, -0.2) is 8.42 Å². The maximum absolute atomic E-state index is 11.1. The van der Waals surface area contributed by atoms with Crippen molar-refractivity contribution in [2.75, 3.05) is 0 Å². The third-order valence-electron chi connectivity index (χ3n) is 1.59. The molecule has 0 amide bonds. The van der Waals surface area contributed by atoms with Crippen LogP contribution in [0.3, 0.4) is 0 Å². The van der Waals surface area contributed by atoms with Crippen LogP contribution in [0.1, 0.15) is 5.56 Å². The summed E-state index contributed by atoms with van der Waals surface area (Å²) in [5.74, 6) is 0. The van der Waals surface area contributed by atoms with E-state index in [0.717, 1.165) is 5.56 Å². The van der Waals surface area contributed by atoms with E-state index in [1.165, 1.54) is 11.5 Å². The maximum atomic E-state index is 11.1. The number of hydrogen-bond acceptors (Lipinski definition) is 2. The van der Waals surface area contributed by atoms with Gasteiger partial charge in [0.25, 0.3) is 0 Å². The molecule has 2 nitrogen and oxygen atoms in total. The zero-order valence-electron chi connectivity index (χ0n) is 5.61. The Morgan fingerprint density at radius 3 is 2.91 bits per heavy atom. The minimum Gasteiger partial charge on any atom is -0.219 e. The van der Waals surface area contributed by atoms with Crippen LogP contribution >= 0.6 is 0 Å². The lowest BCUT2D eigenvalue weighted by Gasteiger charge is -1.94. The standard InChI is InChI=1S/C8H5O2S/c9-11(10)6-5-7-3-1-2-4-8(7)11/h1,3-6H.